The summed E-state index contributed by atoms with van der Waals surface area (Å²) in [5.74, 6) is 0. The fraction of sp³-hybridized carbons (Fsp3) is 0. The fourth-order valence-corrected chi connectivity index (χ4v) is 14.5. The number of hydrogen-bond acceptors (Lipinski definition) is 8. The van der Waals surface area contributed by atoms with Crippen molar-refractivity contribution in [3.8, 4) is 33.4 Å². The molecule has 0 radical (unpaired) electrons. The minimum Gasteiger partial charge on any atom is -0.310 e. The van der Waals surface area contributed by atoms with E-state index >= 15 is 0 Å². The second-order valence-corrected chi connectivity index (χ2v) is 25.0. The molecule has 0 aliphatic carbocycles. The van der Waals surface area contributed by atoms with Crippen LogP contribution in [0.2, 0.25) is 0 Å². The van der Waals surface area contributed by atoms with Crippen molar-refractivity contribution in [3.05, 3.63) is 377 Å². The van der Waals surface area contributed by atoms with Gasteiger partial charge in [0.15, 0.2) is 0 Å². The van der Waals surface area contributed by atoms with Crippen LogP contribution in [0.15, 0.2) is 377 Å². The van der Waals surface area contributed by atoms with Crippen molar-refractivity contribution in [1.29, 1.82) is 0 Å². The van der Waals surface area contributed by atoms with Gasteiger partial charge in [0.1, 0.15) is 0 Å². The van der Waals surface area contributed by atoms with Gasteiger partial charge >= 0.3 is 0 Å². The van der Waals surface area contributed by atoms with E-state index in [0.717, 1.165) is 145 Å². The summed E-state index contributed by atoms with van der Waals surface area (Å²) in [6, 6.07) is 127. The smallest absolute Gasteiger partial charge is 0.0965 e. The molecule has 2 aromatic heterocycles. The van der Waals surface area contributed by atoms with Crippen LogP contribution in [0.4, 0.5) is 68.2 Å². The van der Waals surface area contributed by atoms with Crippen molar-refractivity contribution in [1.82, 2.24) is 19.9 Å². The number of fused-ring (bicyclic) bond motifs is 6. The molecule has 100 heavy (non-hydrogen) atoms. The highest BCUT2D eigenvalue weighted by molar-refractivity contribution is 6.04. The van der Waals surface area contributed by atoms with Gasteiger partial charge in [-0.05, 0) is 177 Å². The van der Waals surface area contributed by atoms with Gasteiger partial charge in [-0.3, -0.25) is 19.9 Å². The van der Waals surface area contributed by atoms with Gasteiger partial charge in [-0.15, -0.1) is 0 Å². The van der Waals surface area contributed by atoms with E-state index in [1.165, 1.54) is 21.5 Å². The van der Waals surface area contributed by atoms with Gasteiger partial charge in [-0.2, -0.15) is 0 Å². The SMILES string of the molecule is c1ccc2c(N(c3ccc(-c4ccc(N(c5ccc(N(c6ccc(-c7cccc8nccnc78)cc6)c6cccc7ccccc67)cc5)c5cccc6ccccc56)cc4)cc3)c3ccc(N(c4ccc(-c5cccc6nccnc56)cc4)c4cccc5ccccc45)cc3)cccc2c1. The first kappa shape index (κ1) is 59.0. The molecule has 470 valence electrons. The average molecular weight is 1280 g/mol. The Morgan fingerprint density at radius 2 is 0.390 bits per heavy atom. The van der Waals surface area contributed by atoms with Crippen LogP contribution >= 0.6 is 0 Å². The number of aromatic nitrogens is 4. The Hall–Kier alpha value is -13.6. The Kier molecular flexibility index (Phi) is 15.1. The Bertz CT molecular complexity index is 5640. The first-order valence-corrected chi connectivity index (χ1v) is 33.7. The first-order chi connectivity index (χ1) is 49.6. The van der Waals surface area contributed by atoms with E-state index < -0.39 is 0 Å². The van der Waals surface area contributed by atoms with Crippen LogP contribution in [0, 0.1) is 0 Å². The highest BCUT2D eigenvalue weighted by Gasteiger charge is 2.23. The Morgan fingerprint density at radius 1 is 0.170 bits per heavy atom. The summed E-state index contributed by atoms with van der Waals surface area (Å²) >= 11 is 0. The first-order valence-electron chi connectivity index (χ1n) is 33.7. The van der Waals surface area contributed by atoms with Gasteiger partial charge in [-0.25, -0.2) is 0 Å². The monoisotopic (exact) mass is 1280 g/mol. The highest BCUT2D eigenvalue weighted by Crippen LogP contribution is 2.47. The van der Waals surface area contributed by atoms with E-state index in [1.54, 1.807) is 24.8 Å². The zero-order chi connectivity index (χ0) is 66.3. The number of benzene rings is 16. The molecule has 0 spiro atoms. The minimum absolute atomic E-state index is 0.872. The summed E-state index contributed by atoms with van der Waals surface area (Å²) < 4.78 is 0. The van der Waals surface area contributed by atoms with Crippen molar-refractivity contribution in [2.24, 2.45) is 0 Å². The quantitative estimate of drug-likeness (QED) is 0.101. The molecule has 2 heterocycles. The normalized spacial score (nSPS) is 11.4. The summed E-state index contributed by atoms with van der Waals surface area (Å²) in [5, 5.41) is 9.35. The van der Waals surface area contributed by atoms with Crippen LogP contribution in [0.3, 0.4) is 0 Å². The van der Waals surface area contributed by atoms with Crippen LogP contribution in [0.1, 0.15) is 0 Å². The molecule has 0 saturated carbocycles. The lowest BCUT2D eigenvalue weighted by molar-refractivity contribution is 1.27. The second-order valence-electron chi connectivity index (χ2n) is 25.0. The van der Waals surface area contributed by atoms with Crippen LogP contribution in [-0.4, -0.2) is 19.9 Å². The van der Waals surface area contributed by atoms with Gasteiger partial charge in [-0.1, -0.05) is 218 Å². The van der Waals surface area contributed by atoms with E-state index in [2.05, 4.69) is 357 Å². The average Bonchev–Trinajstić information content (AvgIpc) is 0.814. The highest BCUT2D eigenvalue weighted by atomic mass is 15.2. The van der Waals surface area contributed by atoms with Crippen molar-refractivity contribution >= 4 is 133 Å². The number of rotatable bonds is 15. The van der Waals surface area contributed by atoms with Gasteiger partial charge in [0, 0.05) is 103 Å². The third kappa shape index (κ3) is 10.9. The lowest BCUT2D eigenvalue weighted by Crippen LogP contribution is -2.13. The van der Waals surface area contributed by atoms with E-state index in [9.17, 15) is 0 Å². The van der Waals surface area contributed by atoms with E-state index in [0.29, 0.717) is 0 Å². The summed E-state index contributed by atoms with van der Waals surface area (Å²) in [7, 11) is 0. The standard InChI is InChI=1S/C92H62N8/c1-5-23-79-65(15-1)19-9-31-87(79)97(75-51-55-77(56-52-75)99(89-33-11-21-67-17-3-7-25-81(67)89)73-47-39-69(40-48-73)83-27-13-29-85-91(83)95-61-59-93-85)71-43-35-63(36-44-71)64-37-45-72(46-38-64)98(88-32-10-20-66-16-2-6-24-80(66)88)76-53-57-78(58-54-76)100(90-34-12-22-68-18-4-8-26-82(68)90)74-49-41-70(42-50-74)84-28-14-30-86-92(84)96-62-60-94-86/h1-62H. The summed E-state index contributed by atoms with van der Waals surface area (Å²) in [4.78, 5) is 28.1. The van der Waals surface area contributed by atoms with Crippen molar-refractivity contribution in [3.63, 3.8) is 0 Å². The van der Waals surface area contributed by atoms with Crippen LogP contribution < -0.4 is 19.6 Å². The predicted molar refractivity (Wildman–Crippen MR) is 418 cm³/mol. The molecule has 0 N–H and O–H groups in total. The Labute approximate surface area is 579 Å². The Morgan fingerprint density at radius 3 is 0.670 bits per heavy atom. The second kappa shape index (κ2) is 25.5. The molecule has 18 rings (SSSR count). The van der Waals surface area contributed by atoms with Crippen molar-refractivity contribution in [2.45, 2.75) is 0 Å². The molecule has 16 aromatic carbocycles. The molecule has 0 unspecified atom stereocenters. The predicted octanol–water partition coefficient (Wildman–Crippen LogP) is 25.1. The van der Waals surface area contributed by atoms with Crippen LogP contribution in [-0.2, 0) is 0 Å². The lowest BCUT2D eigenvalue weighted by Gasteiger charge is -2.30. The zero-order valence-electron chi connectivity index (χ0n) is 54.4. The fourth-order valence-electron chi connectivity index (χ4n) is 14.5. The van der Waals surface area contributed by atoms with E-state index in [1.807, 2.05) is 24.3 Å². The third-order valence-electron chi connectivity index (χ3n) is 19.2. The molecular weight excluding hydrogens is 1220 g/mol. The van der Waals surface area contributed by atoms with Crippen molar-refractivity contribution < 1.29 is 0 Å². The molecule has 0 saturated heterocycles. The van der Waals surface area contributed by atoms with E-state index in [4.69, 9.17) is 9.97 Å². The summed E-state index contributed by atoms with van der Waals surface area (Å²) in [6.45, 7) is 0. The van der Waals surface area contributed by atoms with Crippen molar-refractivity contribution in [2.75, 3.05) is 19.6 Å². The molecule has 8 heteroatoms. The molecule has 8 nitrogen and oxygen atoms in total. The number of anilines is 12. The van der Waals surface area contributed by atoms with Crippen LogP contribution in [0.25, 0.3) is 98.5 Å². The maximum atomic E-state index is 4.73. The van der Waals surface area contributed by atoms with E-state index in [-0.39, 0.29) is 0 Å². The molecule has 0 atom stereocenters. The molecule has 0 amide bonds. The number of hydrogen-bond donors (Lipinski definition) is 0. The van der Waals surface area contributed by atoms with Gasteiger partial charge in [0.05, 0.1) is 44.8 Å². The molecule has 0 aliphatic rings. The van der Waals surface area contributed by atoms with Gasteiger partial charge < -0.3 is 19.6 Å². The van der Waals surface area contributed by atoms with Gasteiger partial charge in [0.2, 0.25) is 0 Å². The third-order valence-corrected chi connectivity index (χ3v) is 19.2. The lowest BCUT2D eigenvalue weighted by atomic mass is 10.0. The minimum atomic E-state index is 0.872. The number of para-hydroxylation sites is 2. The van der Waals surface area contributed by atoms with Crippen LogP contribution in [0.5, 0.6) is 0 Å². The maximum Gasteiger partial charge on any atom is 0.0965 e. The zero-order valence-corrected chi connectivity index (χ0v) is 54.4. The Balaban J connectivity index is 0.686. The molecule has 18 aromatic rings. The number of nitrogens with zero attached hydrogens (tertiary/aromatic N) is 8. The molecule has 0 fully saturated rings. The van der Waals surface area contributed by atoms with Gasteiger partial charge in [0.25, 0.3) is 0 Å². The largest absolute Gasteiger partial charge is 0.310 e. The molecule has 0 aliphatic heterocycles. The topological polar surface area (TPSA) is 64.5 Å². The molecular formula is C92H62N8. The summed E-state index contributed by atoms with van der Waals surface area (Å²) in [6.07, 6.45) is 7.01. The summed E-state index contributed by atoms with van der Waals surface area (Å²) in [5.41, 5.74) is 22.7. The maximum absolute atomic E-state index is 4.73. The molecule has 0 bridgehead atoms.